The van der Waals surface area contributed by atoms with E-state index in [9.17, 15) is 4.79 Å². The quantitative estimate of drug-likeness (QED) is 0.480. The monoisotopic (exact) mass is 405 g/mol. The third-order valence-corrected chi connectivity index (χ3v) is 4.91. The van der Waals surface area contributed by atoms with Crippen LogP contribution in [0.1, 0.15) is 11.3 Å². The number of carbonyl (C=O) groups is 1. The van der Waals surface area contributed by atoms with Gasteiger partial charge in [0.05, 0.1) is 10.0 Å². The highest BCUT2D eigenvalue weighted by atomic mass is 35.5. The van der Waals surface area contributed by atoms with Crippen molar-refractivity contribution in [1.29, 1.82) is 0 Å². The van der Waals surface area contributed by atoms with E-state index < -0.39 is 0 Å². The molecule has 0 bridgehead atoms. The Morgan fingerprint density at radius 3 is 2.62 bits per heavy atom. The molecule has 1 amide bonds. The predicted octanol–water partition coefficient (Wildman–Crippen LogP) is 6.87. The lowest BCUT2D eigenvalue weighted by Crippen LogP contribution is -2.07. The van der Waals surface area contributed by atoms with E-state index in [1.54, 1.807) is 42.5 Å². The normalized spacial score (nSPS) is 11.1. The molecule has 3 aromatic rings. The van der Waals surface area contributed by atoms with Crippen molar-refractivity contribution >= 4 is 52.5 Å². The summed E-state index contributed by atoms with van der Waals surface area (Å²) in [5, 5.41) is 4.22. The Morgan fingerprint density at radius 1 is 1.04 bits per heavy atom. The van der Waals surface area contributed by atoms with Crippen molar-refractivity contribution in [3.63, 3.8) is 0 Å². The van der Waals surface area contributed by atoms with Crippen molar-refractivity contribution in [2.24, 2.45) is 0 Å². The lowest BCUT2D eigenvalue weighted by atomic mass is 10.2. The van der Waals surface area contributed by atoms with E-state index in [4.69, 9.17) is 39.2 Å². The Bertz CT molecular complexity index is 992. The number of hydrogen-bond acceptors (Lipinski definition) is 2. The Balaban J connectivity index is 1.71. The van der Waals surface area contributed by atoms with Crippen molar-refractivity contribution in [2.45, 2.75) is 6.92 Å². The summed E-state index contributed by atoms with van der Waals surface area (Å²) in [6, 6.07) is 14.2. The van der Waals surface area contributed by atoms with Crippen LogP contribution in [0.3, 0.4) is 0 Å². The number of anilines is 1. The molecule has 0 aliphatic rings. The second-order valence-corrected chi connectivity index (χ2v) is 6.78. The number of carbonyl (C=O) groups excluding carboxylic acids is 1. The first kappa shape index (κ1) is 18.6. The topological polar surface area (TPSA) is 42.2 Å². The zero-order valence-corrected chi connectivity index (χ0v) is 16.0. The molecular weight excluding hydrogens is 393 g/mol. The SMILES string of the molecule is Cc1ccc(NC(=O)C=Cc2ccc(-c3cccc(Cl)c3Cl)o2)cc1Cl. The highest BCUT2D eigenvalue weighted by Crippen LogP contribution is 2.34. The molecule has 0 aliphatic carbocycles. The molecule has 6 heteroatoms. The van der Waals surface area contributed by atoms with Crippen LogP contribution in [0.4, 0.5) is 5.69 Å². The van der Waals surface area contributed by atoms with Gasteiger partial charge >= 0.3 is 0 Å². The molecule has 0 atom stereocenters. The smallest absolute Gasteiger partial charge is 0.248 e. The minimum atomic E-state index is -0.288. The van der Waals surface area contributed by atoms with Crippen LogP contribution in [0.15, 0.2) is 59.0 Å². The molecule has 2 aromatic carbocycles. The second kappa shape index (κ2) is 8.00. The maximum Gasteiger partial charge on any atom is 0.248 e. The van der Waals surface area contributed by atoms with E-state index >= 15 is 0 Å². The number of halogens is 3. The highest BCUT2D eigenvalue weighted by molar-refractivity contribution is 6.43. The van der Waals surface area contributed by atoms with Gasteiger partial charge in [0.15, 0.2) is 0 Å². The first-order valence-electron chi connectivity index (χ1n) is 7.73. The minimum absolute atomic E-state index is 0.288. The average molecular weight is 407 g/mol. The minimum Gasteiger partial charge on any atom is -0.457 e. The zero-order valence-electron chi connectivity index (χ0n) is 13.7. The van der Waals surface area contributed by atoms with E-state index in [1.165, 1.54) is 6.08 Å². The van der Waals surface area contributed by atoms with Crippen molar-refractivity contribution in [1.82, 2.24) is 0 Å². The van der Waals surface area contributed by atoms with E-state index in [1.807, 2.05) is 19.1 Å². The van der Waals surface area contributed by atoms with E-state index in [2.05, 4.69) is 5.32 Å². The summed E-state index contributed by atoms with van der Waals surface area (Å²) in [5.74, 6) is 0.805. The molecule has 0 unspecified atom stereocenters. The van der Waals surface area contributed by atoms with Crippen molar-refractivity contribution < 1.29 is 9.21 Å². The number of amides is 1. The molecule has 0 spiro atoms. The number of hydrogen-bond donors (Lipinski definition) is 1. The van der Waals surface area contributed by atoms with Gasteiger partial charge in [0.1, 0.15) is 11.5 Å². The van der Waals surface area contributed by atoms with Gasteiger partial charge in [0.25, 0.3) is 0 Å². The van der Waals surface area contributed by atoms with E-state index in [-0.39, 0.29) is 5.91 Å². The van der Waals surface area contributed by atoms with Crippen molar-refractivity contribution in [2.75, 3.05) is 5.32 Å². The summed E-state index contributed by atoms with van der Waals surface area (Å²) >= 11 is 18.3. The molecular formula is C20H14Cl3NO2. The molecule has 0 saturated heterocycles. The number of furan rings is 1. The molecule has 0 radical (unpaired) electrons. The summed E-state index contributed by atoms with van der Waals surface area (Å²) in [4.78, 5) is 12.0. The van der Waals surface area contributed by atoms with Gasteiger partial charge in [-0.3, -0.25) is 4.79 Å². The fourth-order valence-corrected chi connectivity index (χ4v) is 2.87. The molecule has 132 valence electrons. The number of benzene rings is 2. The van der Waals surface area contributed by atoms with Crippen LogP contribution in [-0.2, 0) is 4.79 Å². The lowest BCUT2D eigenvalue weighted by molar-refractivity contribution is -0.111. The summed E-state index contributed by atoms with van der Waals surface area (Å²) in [5.41, 5.74) is 2.27. The van der Waals surface area contributed by atoms with Gasteiger partial charge in [-0.1, -0.05) is 46.9 Å². The van der Waals surface area contributed by atoms with Gasteiger partial charge in [0, 0.05) is 22.3 Å². The Labute approximate surface area is 166 Å². The van der Waals surface area contributed by atoms with Crippen LogP contribution in [0.25, 0.3) is 17.4 Å². The largest absolute Gasteiger partial charge is 0.457 e. The van der Waals surface area contributed by atoms with Crippen LogP contribution in [0.5, 0.6) is 0 Å². The predicted molar refractivity (Wildman–Crippen MR) is 108 cm³/mol. The Hall–Kier alpha value is -2.20. The lowest BCUT2D eigenvalue weighted by Gasteiger charge is -2.04. The maximum absolute atomic E-state index is 12.0. The summed E-state index contributed by atoms with van der Waals surface area (Å²) in [6.45, 7) is 1.90. The molecule has 3 nitrogen and oxygen atoms in total. The number of aryl methyl sites for hydroxylation is 1. The Kier molecular flexibility index (Phi) is 5.72. The van der Waals surface area contributed by atoms with Crippen LogP contribution in [-0.4, -0.2) is 5.91 Å². The molecule has 0 saturated carbocycles. The molecule has 1 heterocycles. The Morgan fingerprint density at radius 2 is 1.85 bits per heavy atom. The number of nitrogens with one attached hydrogen (secondary N) is 1. The standard InChI is InChI=1S/C20H14Cl3NO2/c1-12-5-6-13(11-17(12)22)24-19(25)10-8-14-7-9-18(26-14)15-3-2-4-16(21)20(15)23/h2-11H,1H3,(H,24,25). The molecule has 3 rings (SSSR count). The van der Waals surface area contributed by atoms with Gasteiger partial charge in [-0.05, 0) is 55.0 Å². The number of rotatable bonds is 4. The van der Waals surface area contributed by atoms with Gasteiger partial charge < -0.3 is 9.73 Å². The van der Waals surface area contributed by atoms with Crippen molar-refractivity contribution in [3.8, 4) is 11.3 Å². The first-order chi connectivity index (χ1) is 12.4. The summed E-state index contributed by atoms with van der Waals surface area (Å²) in [7, 11) is 0. The average Bonchev–Trinajstić information content (AvgIpc) is 3.07. The fraction of sp³-hybridized carbons (Fsp3) is 0.0500. The third kappa shape index (κ3) is 4.31. The van der Waals surface area contributed by atoms with Crippen LogP contribution >= 0.6 is 34.8 Å². The van der Waals surface area contributed by atoms with Gasteiger partial charge in [0.2, 0.25) is 5.91 Å². The first-order valence-corrected chi connectivity index (χ1v) is 8.87. The van der Waals surface area contributed by atoms with Crippen molar-refractivity contribution in [3.05, 3.63) is 81.0 Å². The van der Waals surface area contributed by atoms with Crippen LogP contribution in [0, 0.1) is 6.92 Å². The van der Waals surface area contributed by atoms with Crippen LogP contribution in [0.2, 0.25) is 15.1 Å². The molecule has 0 fully saturated rings. The highest BCUT2D eigenvalue weighted by Gasteiger charge is 2.10. The van der Waals surface area contributed by atoms with E-state index in [0.29, 0.717) is 37.8 Å². The van der Waals surface area contributed by atoms with Gasteiger partial charge in [-0.25, -0.2) is 0 Å². The maximum atomic E-state index is 12.0. The molecule has 1 aromatic heterocycles. The van der Waals surface area contributed by atoms with Crippen LogP contribution < -0.4 is 5.32 Å². The van der Waals surface area contributed by atoms with E-state index in [0.717, 1.165) is 5.56 Å². The molecule has 0 aliphatic heterocycles. The summed E-state index contributed by atoms with van der Waals surface area (Å²) in [6.07, 6.45) is 2.96. The zero-order chi connectivity index (χ0) is 18.7. The molecule has 1 N–H and O–H groups in total. The third-order valence-electron chi connectivity index (χ3n) is 3.68. The second-order valence-electron chi connectivity index (χ2n) is 5.59. The molecule has 26 heavy (non-hydrogen) atoms. The van der Waals surface area contributed by atoms with Gasteiger partial charge in [-0.15, -0.1) is 0 Å². The fourth-order valence-electron chi connectivity index (χ4n) is 2.29. The van der Waals surface area contributed by atoms with Gasteiger partial charge in [-0.2, -0.15) is 0 Å². The summed E-state index contributed by atoms with van der Waals surface area (Å²) < 4.78 is 5.71.